The third-order valence-electron chi connectivity index (χ3n) is 4.85. The van der Waals surface area contributed by atoms with E-state index in [0.717, 1.165) is 42.5 Å². The van der Waals surface area contributed by atoms with E-state index in [2.05, 4.69) is 11.9 Å². The van der Waals surface area contributed by atoms with Crippen LogP contribution in [0.1, 0.15) is 36.6 Å². The standard InChI is InChI=1S/C16H20N2O2S2/c1-9-4-5-11-12(7-9)22-14-13(11)15(19)18(16(21)17-14)8-10-3-2-6-20-10/h9-10H,2-8H2,1H3,(H,17,21). The number of ether oxygens (including phenoxy) is 1. The Kier molecular flexibility index (Phi) is 3.71. The summed E-state index contributed by atoms with van der Waals surface area (Å²) in [5, 5.41) is 0.874. The van der Waals surface area contributed by atoms with Gasteiger partial charge in [-0.05, 0) is 55.8 Å². The van der Waals surface area contributed by atoms with E-state index in [1.807, 2.05) is 0 Å². The van der Waals surface area contributed by atoms with Crippen molar-refractivity contribution in [3.05, 3.63) is 25.6 Å². The van der Waals surface area contributed by atoms with Crippen molar-refractivity contribution in [3.63, 3.8) is 0 Å². The Morgan fingerprint density at radius 1 is 1.45 bits per heavy atom. The van der Waals surface area contributed by atoms with Crippen molar-refractivity contribution in [2.24, 2.45) is 5.92 Å². The van der Waals surface area contributed by atoms with Crippen LogP contribution >= 0.6 is 23.6 Å². The van der Waals surface area contributed by atoms with Crippen LogP contribution in [-0.2, 0) is 24.1 Å². The van der Waals surface area contributed by atoms with Crippen LogP contribution < -0.4 is 5.56 Å². The molecule has 3 heterocycles. The molecule has 0 amide bonds. The molecule has 1 aliphatic heterocycles. The number of aromatic nitrogens is 2. The number of hydrogen-bond donors (Lipinski definition) is 1. The second-order valence-corrected chi connectivity index (χ2v) is 8.03. The topological polar surface area (TPSA) is 47.0 Å². The minimum atomic E-state index is 0.0707. The lowest BCUT2D eigenvalue weighted by Crippen LogP contribution is -2.28. The Morgan fingerprint density at radius 2 is 2.32 bits per heavy atom. The van der Waals surface area contributed by atoms with Gasteiger partial charge in [-0.2, -0.15) is 0 Å². The second-order valence-electron chi connectivity index (χ2n) is 6.54. The molecular formula is C16H20N2O2S2. The summed E-state index contributed by atoms with van der Waals surface area (Å²) in [6, 6.07) is 0. The third-order valence-corrected chi connectivity index (χ3v) is 6.34. The zero-order valence-corrected chi connectivity index (χ0v) is 14.3. The number of H-pyrrole nitrogens is 1. The van der Waals surface area contributed by atoms with Crippen LogP contribution in [-0.4, -0.2) is 22.3 Å². The van der Waals surface area contributed by atoms with E-state index in [9.17, 15) is 4.79 Å². The molecule has 0 spiro atoms. The maximum absolute atomic E-state index is 13.0. The first-order chi connectivity index (χ1) is 10.6. The van der Waals surface area contributed by atoms with Gasteiger partial charge in [0.1, 0.15) is 4.83 Å². The summed E-state index contributed by atoms with van der Waals surface area (Å²) >= 11 is 7.14. The smallest absolute Gasteiger partial charge is 0.263 e. The normalized spacial score (nSPS) is 24.8. The Morgan fingerprint density at radius 3 is 3.09 bits per heavy atom. The third kappa shape index (κ3) is 2.37. The number of thiophene rings is 1. The van der Waals surface area contributed by atoms with Crippen LogP contribution in [0.2, 0.25) is 0 Å². The van der Waals surface area contributed by atoms with Gasteiger partial charge in [0.15, 0.2) is 4.77 Å². The highest BCUT2D eigenvalue weighted by Gasteiger charge is 2.24. The number of aryl methyl sites for hydroxylation is 1. The molecule has 1 N–H and O–H groups in total. The van der Waals surface area contributed by atoms with E-state index >= 15 is 0 Å². The number of hydrogen-bond acceptors (Lipinski definition) is 4. The molecule has 0 saturated carbocycles. The molecular weight excluding hydrogens is 316 g/mol. The Balaban J connectivity index is 1.85. The highest BCUT2D eigenvalue weighted by molar-refractivity contribution is 7.71. The van der Waals surface area contributed by atoms with Crippen molar-refractivity contribution in [2.45, 2.75) is 51.7 Å². The Labute approximate surface area is 138 Å². The fraction of sp³-hybridized carbons (Fsp3) is 0.625. The summed E-state index contributed by atoms with van der Waals surface area (Å²) in [6.45, 7) is 3.65. The zero-order chi connectivity index (χ0) is 15.3. The van der Waals surface area contributed by atoms with Gasteiger partial charge in [0.05, 0.1) is 18.0 Å². The van der Waals surface area contributed by atoms with Crippen molar-refractivity contribution in [1.82, 2.24) is 9.55 Å². The van der Waals surface area contributed by atoms with Crippen LogP contribution in [0.5, 0.6) is 0 Å². The van der Waals surface area contributed by atoms with Crippen molar-refractivity contribution in [2.75, 3.05) is 6.61 Å². The fourth-order valence-corrected chi connectivity index (χ4v) is 5.34. The lowest BCUT2D eigenvalue weighted by molar-refractivity contribution is 0.0957. The predicted octanol–water partition coefficient (Wildman–Crippen LogP) is 3.42. The summed E-state index contributed by atoms with van der Waals surface area (Å²) in [6.07, 6.45) is 5.47. The van der Waals surface area contributed by atoms with Gasteiger partial charge in [-0.25, -0.2) is 0 Å². The van der Waals surface area contributed by atoms with E-state index in [-0.39, 0.29) is 11.7 Å². The molecule has 118 valence electrons. The molecule has 4 rings (SSSR count). The van der Waals surface area contributed by atoms with Crippen molar-refractivity contribution < 1.29 is 4.74 Å². The SMILES string of the molecule is CC1CCc2c(sc3[nH]c(=S)n(CC4CCCO4)c(=O)c23)C1. The van der Waals surface area contributed by atoms with Gasteiger partial charge >= 0.3 is 0 Å². The largest absolute Gasteiger partial charge is 0.376 e. The van der Waals surface area contributed by atoms with Gasteiger partial charge in [-0.1, -0.05) is 6.92 Å². The second kappa shape index (κ2) is 5.58. The minimum Gasteiger partial charge on any atom is -0.376 e. The lowest BCUT2D eigenvalue weighted by atomic mass is 9.89. The van der Waals surface area contributed by atoms with E-state index in [4.69, 9.17) is 17.0 Å². The van der Waals surface area contributed by atoms with Crippen molar-refractivity contribution in [3.8, 4) is 0 Å². The molecule has 4 nitrogen and oxygen atoms in total. The number of rotatable bonds is 2. The van der Waals surface area contributed by atoms with Crippen LogP contribution in [0.3, 0.4) is 0 Å². The van der Waals surface area contributed by atoms with Gasteiger partial charge in [0.25, 0.3) is 5.56 Å². The van der Waals surface area contributed by atoms with Crippen molar-refractivity contribution >= 4 is 33.8 Å². The number of fused-ring (bicyclic) bond motifs is 3. The van der Waals surface area contributed by atoms with Gasteiger partial charge in [0, 0.05) is 11.5 Å². The summed E-state index contributed by atoms with van der Waals surface area (Å²) in [5.41, 5.74) is 1.33. The van der Waals surface area contributed by atoms with Crippen LogP contribution in [0, 0.1) is 10.7 Å². The van der Waals surface area contributed by atoms with E-state index < -0.39 is 0 Å². The maximum Gasteiger partial charge on any atom is 0.263 e. The predicted molar refractivity (Wildman–Crippen MR) is 91.4 cm³/mol. The average Bonchev–Trinajstić information content (AvgIpc) is 3.09. The maximum atomic E-state index is 13.0. The van der Waals surface area contributed by atoms with Gasteiger partial charge in [-0.15, -0.1) is 11.3 Å². The van der Waals surface area contributed by atoms with Gasteiger partial charge < -0.3 is 9.72 Å². The molecule has 1 aliphatic carbocycles. The molecule has 2 unspecified atom stereocenters. The van der Waals surface area contributed by atoms with Gasteiger partial charge in [0.2, 0.25) is 0 Å². The molecule has 1 fully saturated rings. The molecule has 2 aliphatic rings. The zero-order valence-electron chi connectivity index (χ0n) is 12.7. The first kappa shape index (κ1) is 14.6. The summed E-state index contributed by atoms with van der Waals surface area (Å²) in [5.74, 6) is 0.706. The summed E-state index contributed by atoms with van der Waals surface area (Å²) in [7, 11) is 0. The molecule has 0 radical (unpaired) electrons. The van der Waals surface area contributed by atoms with E-state index in [1.165, 1.54) is 16.9 Å². The van der Waals surface area contributed by atoms with Crippen LogP contribution in [0.4, 0.5) is 0 Å². The fourth-order valence-electron chi connectivity index (χ4n) is 3.61. The van der Waals surface area contributed by atoms with E-state index in [0.29, 0.717) is 17.2 Å². The summed E-state index contributed by atoms with van der Waals surface area (Å²) in [4.78, 5) is 18.6. The molecule has 0 bridgehead atoms. The first-order valence-corrected chi connectivity index (χ1v) is 9.25. The van der Waals surface area contributed by atoms with Crippen molar-refractivity contribution in [1.29, 1.82) is 0 Å². The van der Waals surface area contributed by atoms with Gasteiger partial charge in [-0.3, -0.25) is 9.36 Å². The molecule has 6 heteroatoms. The quantitative estimate of drug-likeness (QED) is 0.855. The molecule has 22 heavy (non-hydrogen) atoms. The van der Waals surface area contributed by atoms with E-state index in [1.54, 1.807) is 15.9 Å². The molecule has 2 atom stereocenters. The number of aromatic amines is 1. The molecule has 2 aromatic heterocycles. The lowest BCUT2D eigenvalue weighted by Gasteiger charge is -2.17. The molecule has 0 aromatic carbocycles. The Bertz CT molecular complexity index is 827. The highest BCUT2D eigenvalue weighted by Crippen LogP contribution is 2.35. The monoisotopic (exact) mass is 336 g/mol. The Hall–Kier alpha value is -0.980. The van der Waals surface area contributed by atoms with Crippen LogP contribution in [0.25, 0.3) is 10.2 Å². The molecule has 2 aromatic rings. The minimum absolute atomic E-state index is 0.0707. The average molecular weight is 336 g/mol. The number of nitrogens with zero attached hydrogens (tertiary/aromatic N) is 1. The van der Waals surface area contributed by atoms with Crippen LogP contribution in [0.15, 0.2) is 4.79 Å². The molecule has 1 saturated heterocycles. The highest BCUT2D eigenvalue weighted by atomic mass is 32.1. The first-order valence-electron chi connectivity index (χ1n) is 8.02. The number of nitrogens with one attached hydrogen (secondary N) is 1. The summed E-state index contributed by atoms with van der Waals surface area (Å²) < 4.78 is 7.90.